The monoisotopic (exact) mass is 301 g/mol. The summed E-state index contributed by atoms with van der Waals surface area (Å²) in [5, 5.41) is 0. The molecule has 0 amide bonds. The minimum absolute atomic E-state index is 0.0465. The first-order valence-corrected chi connectivity index (χ1v) is 7.29. The lowest BCUT2D eigenvalue weighted by Crippen LogP contribution is -2.06. The fourth-order valence-corrected chi connectivity index (χ4v) is 2.20. The Hall–Kier alpha value is -1.42. The zero-order valence-electron chi connectivity index (χ0n) is 9.05. The molecule has 0 aliphatic rings. The van der Waals surface area contributed by atoms with Crippen LogP contribution in [0.25, 0.3) is 0 Å². The van der Waals surface area contributed by atoms with E-state index in [1.807, 2.05) is 0 Å². The van der Waals surface area contributed by atoms with Crippen molar-refractivity contribution in [2.45, 2.75) is 12.7 Å². The largest absolute Gasteiger partial charge is 0.488 e. The summed E-state index contributed by atoms with van der Waals surface area (Å²) in [5.74, 6) is -1.50. The molecule has 0 aromatic heterocycles. The Morgan fingerprint density at radius 2 is 1.78 bits per heavy atom. The van der Waals surface area contributed by atoms with E-state index in [1.165, 1.54) is 6.92 Å². The van der Waals surface area contributed by atoms with Gasteiger partial charge in [-0.25, -0.2) is 0 Å². The maximum Gasteiger partial charge on any atom is 0.488 e. The Labute approximate surface area is 103 Å². The minimum atomic E-state index is -5.28. The van der Waals surface area contributed by atoms with E-state index in [9.17, 15) is 24.6 Å². The zero-order chi connectivity index (χ0) is 14.1. The predicted molar refractivity (Wildman–Crippen MR) is 60.0 cm³/mol. The SMILES string of the molecule is Cc1c(N)cc(CS(=O)(=O)F)cc1OS(=O)(=O)F. The topological polar surface area (TPSA) is 104 Å². The third-order valence-electron chi connectivity index (χ3n) is 1.99. The summed E-state index contributed by atoms with van der Waals surface area (Å²) in [6.45, 7) is 1.34. The van der Waals surface area contributed by atoms with Gasteiger partial charge in [-0.1, -0.05) is 3.89 Å². The van der Waals surface area contributed by atoms with Crippen molar-refractivity contribution in [1.29, 1.82) is 0 Å². The van der Waals surface area contributed by atoms with Crippen LogP contribution in [0.3, 0.4) is 0 Å². The van der Waals surface area contributed by atoms with Crippen molar-refractivity contribution in [2.24, 2.45) is 0 Å². The first-order valence-electron chi connectivity index (χ1n) is 4.43. The van der Waals surface area contributed by atoms with Gasteiger partial charge in [0, 0.05) is 11.3 Å². The standard InChI is InChI=1S/C8H9F2NO5S2/c1-5-7(11)2-6(4-17(9,12)13)3-8(5)16-18(10,14)15/h2-3H,4,11H2,1H3. The summed E-state index contributed by atoms with van der Waals surface area (Å²) in [6, 6.07) is 2.02. The molecule has 1 aromatic rings. The number of anilines is 1. The van der Waals surface area contributed by atoms with Gasteiger partial charge in [0.1, 0.15) is 5.75 Å². The Bertz CT molecular complexity index is 669. The number of nitrogen functional groups attached to an aromatic ring is 1. The lowest BCUT2D eigenvalue weighted by Gasteiger charge is -2.09. The van der Waals surface area contributed by atoms with Crippen LogP contribution >= 0.6 is 0 Å². The highest BCUT2D eigenvalue weighted by Gasteiger charge is 2.17. The van der Waals surface area contributed by atoms with Gasteiger partial charge in [0.2, 0.25) is 0 Å². The van der Waals surface area contributed by atoms with Crippen molar-refractivity contribution in [3.05, 3.63) is 23.3 Å². The summed E-state index contributed by atoms with van der Waals surface area (Å²) in [4.78, 5) is 0. The molecule has 0 aliphatic heterocycles. The third-order valence-corrected chi connectivity index (χ3v) is 3.05. The number of hydrogen-bond donors (Lipinski definition) is 1. The first-order chi connectivity index (χ1) is 7.98. The van der Waals surface area contributed by atoms with E-state index in [4.69, 9.17) is 5.73 Å². The van der Waals surface area contributed by atoms with Gasteiger partial charge in [-0.2, -0.15) is 16.8 Å². The van der Waals surface area contributed by atoms with E-state index in [1.54, 1.807) is 0 Å². The molecule has 0 spiro atoms. The van der Waals surface area contributed by atoms with E-state index < -0.39 is 32.2 Å². The predicted octanol–water partition coefficient (Wildman–Crippen LogP) is 0.970. The minimum Gasteiger partial charge on any atom is -0.398 e. The summed E-state index contributed by atoms with van der Waals surface area (Å²) in [7, 11) is -10.1. The van der Waals surface area contributed by atoms with Crippen molar-refractivity contribution < 1.29 is 28.8 Å². The lowest BCUT2D eigenvalue weighted by atomic mass is 10.1. The first kappa shape index (κ1) is 14.6. The van der Waals surface area contributed by atoms with Crippen LogP contribution in [-0.2, 0) is 26.5 Å². The van der Waals surface area contributed by atoms with Gasteiger partial charge < -0.3 is 9.92 Å². The highest BCUT2D eigenvalue weighted by molar-refractivity contribution is 7.85. The molecular weight excluding hydrogens is 292 g/mol. The fraction of sp³-hybridized carbons (Fsp3) is 0.250. The average molecular weight is 301 g/mol. The molecular formula is C8H9F2NO5S2. The van der Waals surface area contributed by atoms with Gasteiger partial charge in [-0.15, -0.1) is 3.89 Å². The molecule has 0 saturated heterocycles. The molecule has 0 radical (unpaired) electrons. The quantitative estimate of drug-likeness (QED) is 0.656. The molecule has 0 unspecified atom stereocenters. The van der Waals surface area contributed by atoms with E-state index in [-0.39, 0.29) is 16.8 Å². The molecule has 0 atom stereocenters. The molecule has 0 aliphatic carbocycles. The number of nitrogens with two attached hydrogens (primary N) is 1. The van der Waals surface area contributed by atoms with Crippen LogP contribution < -0.4 is 9.92 Å². The molecule has 2 N–H and O–H groups in total. The van der Waals surface area contributed by atoms with E-state index >= 15 is 0 Å². The molecule has 18 heavy (non-hydrogen) atoms. The van der Waals surface area contributed by atoms with Crippen molar-refractivity contribution in [1.82, 2.24) is 0 Å². The van der Waals surface area contributed by atoms with Crippen LogP contribution in [0.5, 0.6) is 5.75 Å². The van der Waals surface area contributed by atoms with Crippen molar-refractivity contribution >= 4 is 26.4 Å². The normalized spacial score (nSPS) is 12.4. The summed E-state index contributed by atoms with van der Waals surface area (Å²) in [6.07, 6.45) is 0. The molecule has 10 heteroatoms. The number of rotatable bonds is 4. The highest BCUT2D eigenvalue weighted by atomic mass is 32.3. The lowest BCUT2D eigenvalue weighted by molar-refractivity contribution is 0.438. The number of hydrogen-bond acceptors (Lipinski definition) is 6. The van der Waals surface area contributed by atoms with Gasteiger partial charge in [0.15, 0.2) is 5.75 Å². The Morgan fingerprint density at radius 1 is 1.22 bits per heavy atom. The summed E-state index contributed by atoms with van der Waals surface area (Å²) in [5.41, 5.74) is 5.34. The zero-order valence-corrected chi connectivity index (χ0v) is 10.7. The van der Waals surface area contributed by atoms with Crippen LogP contribution in [0.15, 0.2) is 12.1 Å². The molecule has 102 valence electrons. The maximum atomic E-state index is 12.5. The smallest absolute Gasteiger partial charge is 0.398 e. The van der Waals surface area contributed by atoms with Crippen LogP contribution in [0.4, 0.5) is 13.5 Å². The van der Waals surface area contributed by atoms with E-state index in [0.29, 0.717) is 0 Å². The summed E-state index contributed by atoms with van der Waals surface area (Å²) >= 11 is 0. The number of benzene rings is 1. The molecule has 0 saturated carbocycles. The molecule has 0 heterocycles. The second-order valence-electron chi connectivity index (χ2n) is 3.47. The van der Waals surface area contributed by atoms with Gasteiger partial charge >= 0.3 is 20.7 Å². The van der Waals surface area contributed by atoms with Gasteiger partial charge in [0.05, 0.1) is 0 Å². The Kier molecular flexibility index (Phi) is 3.81. The second-order valence-corrected chi connectivity index (χ2v) is 5.79. The van der Waals surface area contributed by atoms with E-state index in [0.717, 1.165) is 12.1 Å². The van der Waals surface area contributed by atoms with Crippen LogP contribution in [0.2, 0.25) is 0 Å². The van der Waals surface area contributed by atoms with Crippen molar-refractivity contribution in [2.75, 3.05) is 5.73 Å². The van der Waals surface area contributed by atoms with Crippen molar-refractivity contribution in [3.63, 3.8) is 0 Å². The fourth-order valence-electron chi connectivity index (χ4n) is 1.24. The Balaban J connectivity index is 3.27. The molecule has 0 bridgehead atoms. The molecule has 1 aromatic carbocycles. The van der Waals surface area contributed by atoms with Crippen molar-refractivity contribution in [3.8, 4) is 5.75 Å². The second kappa shape index (κ2) is 4.69. The van der Waals surface area contributed by atoms with E-state index in [2.05, 4.69) is 4.18 Å². The third kappa shape index (κ3) is 4.45. The average Bonchev–Trinajstić information content (AvgIpc) is 2.08. The van der Waals surface area contributed by atoms with Gasteiger partial charge in [-0.05, 0) is 24.6 Å². The van der Waals surface area contributed by atoms with Gasteiger partial charge in [-0.3, -0.25) is 0 Å². The van der Waals surface area contributed by atoms with Gasteiger partial charge in [0.25, 0.3) is 0 Å². The maximum absolute atomic E-state index is 12.5. The van der Waals surface area contributed by atoms with Crippen LogP contribution in [0.1, 0.15) is 11.1 Å². The molecule has 1 rings (SSSR count). The Morgan fingerprint density at radius 3 is 2.22 bits per heavy atom. The molecule has 0 fully saturated rings. The highest BCUT2D eigenvalue weighted by Crippen LogP contribution is 2.28. The van der Waals surface area contributed by atoms with Crippen LogP contribution in [-0.4, -0.2) is 16.8 Å². The molecule has 6 nitrogen and oxygen atoms in total. The summed E-state index contributed by atoms with van der Waals surface area (Å²) < 4.78 is 70.4. The van der Waals surface area contributed by atoms with Crippen LogP contribution in [0, 0.1) is 6.92 Å². The number of halogens is 2.